The van der Waals surface area contributed by atoms with Gasteiger partial charge >= 0.3 is 137 Å². The van der Waals surface area contributed by atoms with E-state index in [-0.39, 0.29) is 0 Å². The number of phenolic OH excluding ortho intramolecular Hbond substituents is 1. The summed E-state index contributed by atoms with van der Waals surface area (Å²) in [6.45, 7) is 0.935. The van der Waals surface area contributed by atoms with Crippen molar-refractivity contribution in [2.24, 2.45) is 0 Å². The molecule has 15 heteroatoms. The minimum absolute atomic E-state index is 0.390. The van der Waals surface area contributed by atoms with E-state index in [0.717, 1.165) is 6.92 Å². The normalized spacial score (nSPS) is 13.0. The molecule has 1 amide bonds. The van der Waals surface area contributed by atoms with Gasteiger partial charge in [-0.1, -0.05) is 0 Å². The molecule has 0 aliphatic rings. The Morgan fingerprint density at radius 1 is 0.913 bits per heavy atom. The van der Waals surface area contributed by atoms with E-state index < -0.39 is 72.9 Å². The van der Waals surface area contributed by atoms with Gasteiger partial charge in [0.15, 0.2) is 0 Å². The molecule has 1 aromatic rings. The van der Waals surface area contributed by atoms with Crippen LogP contribution in [0.5, 0.6) is 5.75 Å². The van der Waals surface area contributed by atoms with Crippen LogP contribution in [-0.4, -0.2) is 78.1 Å². The van der Waals surface area contributed by atoms with Gasteiger partial charge < -0.3 is 0 Å². The molecule has 0 atom stereocenters. The van der Waals surface area contributed by atoms with Crippen molar-refractivity contribution in [3.05, 3.63) is 6.07 Å². The third-order valence-corrected chi connectivity index (χ3v) is 10.5. The van der Waals surface area contributed by atoms with Crippen LogP contribution < -0.4 is 18.4 Å². The van der Waals surface area contributed by atoms with Gasteiger partial charge in [-0.25, -0.2) is 0 Å². The zero-order valence-corrected chi connectivity index (χ0v) is 16.8. The Balaban J connectivity index is 4.12. The summed E-state index contributed by atoms with van der Waals surface area (Å²) >= 11 is -18.7. The van der Waals surface area contributed by atoms with Crippen LogP contribution in [0.25, 0.3) is 0 Å². The fourth-order valence-corrected chi connectivity index (χ4v) is 12.5. The second-order valence-electron chi connectivity index (χ2n) is 4.30. The molecule has 1 aromatic carbocycles. The van der Waals surface area contributed by atoms with Crippen LogP contribution in [0.2, 0.25) is 0 Å². The summed E-state index contributed by atoms with van der Waals surface area (Å²) in [6, 6.07) is 0.390. The van der Waals surface area contributed by atoms with E-state index >= 15 is 0 Å². The summed E-state index contributed by atoms with van der Waals surface area (Å²) in [7, 11) is 0. The minimum atomic E-state index is -6.29. The number of phenols is 1. The molecule has 0 radical (unpaired) electrons. The quantitative estimate of drug-likeness (QED) is 0.137. The summed E-state index contributed by atoms with van der Waals surface area (Å²) in [5.74, 6) is -2.22. The molecule has 0 unspecified atom stereocenters. The van der Waals surface area contributed by atoms with Crippen molar-refractivity contribution in [2.45, 2.75) is 6.92 Å². The number of hydrogen-bond donors (Lipinski definition) is 8. The van der Waals surface area contributed by atoms with Crippen LogP contribution in [-0.2, 0) is 16.0 Å². The molecular weight excluding hydrogens is 511 g/mol. The Kier molecular flexibility index (Phi) is 5.60. The monoisotopic (exact) mass is 523 g/mol. The predicted molar refractivity (Wildman–Crippen MR) is 73.9 cm³/mol. The summed E-state index contributed by atoms with van der Waals surface area (Å²) < 4.78 is 85.8. The summed E-state index contributed by atoms with van der Waals surface area (Å²) in [5.41, 5.74) is -0.787. The molecule has 23 heavy (non-hydrogen) atoms. The van der Waals surface area contributed by atoms with Gasteiger partial charge in [0.05, 0.1) is 0 Å². The van der Waals surface area contributed by atoms with Gasteiger partial charge in [0.2, 0.25) is 0 Å². The first-order chi connectivity index (χ1) is 10.1. The van der Waals surface area contributed by atoms with Crippen molar-refractivity contribution in [3.63, 3.8) is 0 Å². The molecule has 0 saturated heterocycles. The molecule has 0 bridgehead atoms. The maximum atomic E-state index is 11.5. The van der Waals surface area contributed by atoms with E-state index in [1.165, 1.54) is 0 Å². The van der Waals surface area contributed by atoms with Crippen molar-refractivity contribution in [3.8, 4) is 5.75 Å². The number of hydrogen-bond acceptors (Lipinski definition) is 5. The van der Waals surface area contributed by atoms with E-state index in [0.29, 0.717) is 6.07 Å². The zero-order chi connectivity index (χ0) is 18.4. The van der Waals surface area contributed by atoms with Crippen LogP contribution in [0.15, 0.2) is 6.07 Å². The van der Waals surface area contributed by atoms with E-state index in [1.807, 2.05) is 5.32 Å². The zero-order valence-electron chi connectivity index (χ0n) is 11.2. The number of carbonyl (C=O) groups excluding carboxylic acids is 1. The third-order valence-electron chi connectivity index (χ3n) is 2.43. The van der Waals surface area contributed by atoms with Gasteiger partial charge in [-0.2, -0.15) is 0 Å². The molecule has 0 aliphatic heterocycles. The van der Waals surface area contributed by atoms with Gasteiger partial charge in [0.1, 0.15) is 0 Å². The number of nitrogens with one attached hydrogen (secondary N) is 1. The van der Waals surface area contributed by atoms with Gasteiger partial charge in [0, 0.05) is 0 Å². The topological polar surface area (TPSA) is 222 Å². The van der Waals surface area contributed by atoms with Crippen molar-refractivity contribution in [1.29, 1.82) is 0 Å². The van der Waals surface area contributed by atoms with E-state index in [2.05, 4.69) is 0 Å². The second-order valence-corrected chi connectivity index (χ2v) is 14.0. The number of aromatic hydroxyl groups is 1. The van der Waals surface area contributed by atoms with Crippen molar-refractivity contribution in [1.82, 2.24) is 0 Å². The van der Waals surface area contributed by atoms with E-state index in [1.54, 1.807) is 0 Å². The molecular formula is C8H12As3NO11. The first-order valence-electron chi connectivity index (χ1n) is 5.42. The standard InChI is InChI=1S/C8H12As3NO11/c1-3(13)12-5-2-4(9(15,16)17)6(10(18,19)20)7(8(5)14)11(21,22)23/h2,14H,1H3,(H,12,13)(H2,15,16,17)(H2,18,19,20)(H2,21,22,23). The molecule has 0 aliphatic carbocycles. The van der Waals surface area contributed by atoms with Crippen LogP contribution in [0.1, 0.15) is 6.92 Å². The van der Waals surface area contributed by atoms with Gasteiger partial charge in [0.25, 0.3) is 0 Å². The second kappa shape index (κ2) is 6.32. The molecule has 0 heterocycles. The predicted octanol–water partition coefficient (Wildman–Crippen LogP) is -5.97. The number of carbonyl (C=O) groups is 1. The first kappa shape index (κ1) is 20.4. The average molecular weight is 523 g/mol. The SMILES string of the molecule is CC(=O)Nc1cc([As](=O)(O)O)c([As](=O)(O)O)c([As](=O)(O)O)c1O. The molecule has 0 saturated carbocycles. The molecule has 0 aromatic heterocycles. The number of benzene rings is 1. The molecule has 0 spiro atoms. The molecule has 12 nitrogen and oxygen atoms in total. The van der Waals surface area contributed by atoms with Crippen LogP contribution in [0.3, 0.4) is 0 Å². The van der Waals surface area contributed by atoms with E-state index in [4.69, 9.17) is 0 Å². The van der Waals surface area contributed by atoms with Crippen molar-refractivity contribution >= 4 is 67.2 Å². The maximum absolute atomic E-state index is 11.5. The Hall–Kier alpha value is -0.675. The van der Waals surface area contributed by atoms with Crippen LogP contribution in [0.4, 0.5) is 5.69 Å². The molecule has 0 fully saturated rings. The fourth-order valence-electron chi connectivity index (χ4n) is 1.70. The molecule has 130 valence electrons. The number of amides is 1. The Labute approximate surface area is 136 Å². The third kappa shape index (κ3) is 4.66. The van der Waals surface area contributed by atoms with Crippen LogP contribution in [0, 0.1) is 0 Å². The van der Waals surface area contributed by atoms with Crippen molar-refractivity contribution < 1.29 is 45.7 Å². The summed E-state index contributed by atoms with van der Waals surface area (Å²) in [6.07, 6.45) is 0. The first-order valence-corrected chi connectivity index (χ1v) is 15.6. The van der Waals surface area contributed by atoms with Gasteiger partial charge in [-0.3, -0.25) is 0 Å². The van der Waals surface area contributed by atoms with Crippen LogP contribution >= 0.6 is 0 Å². The fraction of sp³-hybridized carbons (Fsp3) is 0.125. The van der Waals surface area contributed by atoms with Gasteiger partial charge in [-0.05, 0) is 0 Å². The number of rotatable bonds is 4. The summed E-state index contributed by atoms with van der Waals surface area (Å²) in [4.78, 5) is 11.0. The molecule has 1 rings (SSSR count). The van der Waals surface area contributed by atoms with Gasteiger partial charge in [-0.15, -0.1) is 0 Å². The number of anilines is 1. The Morgan fingerprint density at radius 2 is 1.35 bits per heavy atom. The summed E-state index contributed by atoms with van der Waals surface area (Å²) in [5, 5.41) is 11.7. The van der Waals surface area contributed by atoms with Crippen molar-refractivity contribution in [2.75, 3.05) is 5.32 Å². The van der Waals surface area contributed by atoms with E-state index in [9.17, 15) is 45.7 Å². The Bertz CT molecular complexity index is 800. The Morgan fingerprint density at radius 3 is 1.65 bits per heavy atom. The molecule has 8 N–H and O–H groups in total. The average Bonchev–Trinajstić information content (AvgIpc) is 2.25.